The quantitative estimate of drug-likeness (QED) is 0.105. The Kier molecular flexibility index (Phi) is 45.8. The van der Waals surface area contributed by atoms with Crippen LogP contribution in [0.15, 0.2) is 0 Å². The van der Waals surface area contributed by atoms with Gasteiger partial charge in [-0.3, -0.25) is 29.4 Å². The van der Waals surface area contributed by atoms with E-state index in [1.165, 1.54) is 0 Å². The van der Waals surface area contributed by atoms with Crippen LogP contribution >= 0.6 is 0 Å². The molecule has 0 aromatic heterocycles. The van der Waals surface area contributed by atoms with Crippen LogP contribution in [0, 0.1) is 5.92 Å². The van der Waals surface area contributed by atoms with Crippen LogP contribution in [0.3, 0.4) is 0 Å². The van der Waals surface area contributed by atoms with Gasteiger partial charge in [0.2, 0.25) is 0 Å². The van der Waals surface area contributed by atoms with E-state index in [1.807, 2.05) is 237 Å². The number of urea groups is 7. The standard InChI is InChI=1S/2C14H29N3O.C13H25N3O2.2C13H27N3O.C12H25N3O.C9H20N2O/c1-10(2)15(5)12-8-13(9-12)17(7)14(18)16(6)11(3)4;1-10(2)15(6)14(18)16(7)13-9-17(11(3)4)8-12(13)5;1-10(2)14(5)12(17)16-6-7-18-13(16)8-15(9-13)11(3)4;1-9(2)14(5)11-8-12(11)16(7)13(17)15(6)10(3)4;1-10(2)14(5)13(17)15(6)12-7-8-16(9-12)11(3)4;1-9(2)13(5)12(16)14(6)11-7-15(8-11)10(3)4;1-7(2)10(5)9(12)11(6)8(3)4/h2*10-13H,8-9H2,1-7H3;10-11H,6-9H2,1-5H3;9-12H,8H2,1-7H3;10-12H,7-9H2,1-6H3;9-11H,7-8H2,1-6H3;7-8H,1-6H3. The zero-order valence-corrected chi connectivity index (χ0v) is 82.8. The highest BCUT2D eigenvalue weighted by Crippen LogP contribution is 2.37. The van der Waals surface area contributed by atoms with E-state index in [4.69, 9.17) is 4.74 Å². The van der Waals surface area contributed by atoms with Gasteiger partial charge in [0.1, 0.15) is 0 Å². The van der Waals surface area contributed by atoms with Gasteiger partial charge in [-0.2, -0.15) is 0 Å². The van der Waals surface area contributed by atoms with Crippen LogP contribution in [-0.2, 0) is 4.74 Å². The Hall–Kier alpha value is -5.39. The fourth-order valence-corrected chi connectivity index (χ4v) is 14.0. The Morgan fingerprint density at radius 1 is 0.293 bits per heavy atom. The summed E-state index contributed by atoms with van der Waals surface area (Å²) >= 11 is 0. The molecule has 0 aromatic rings. The summed E-state index contributed by atoms with van der Waals surface area (Å²) in [4.78, 5) is 125. The number of carbonyl (C=O) groups excluding carboxylic acids is 7. The largest absolute Gasteiger partial charge is 0.351 e. The molecule has 2 saturated carbocycles. The zero-order chi connectivity index (χ0) is 90.4. The summed E-state index contributed by atoms with van der Waals surface area (Å²) in [5.41, 5.74) is -0.357. The molecule has 14 amide bonds. The molecular weight excluding hydrogens is 1470 g/mol. The molecule has 7 aliphatic rings. The van der Waals surface area contributed by atoms with Gasteiger partial charge in [-0.05, 0) is 240 Å². The summed E-state index contributed by atoms with van der Waals surface area (Å²) in [6.07, 6.45) is 4.39. The van der Waals surface area contributed by atoms with Crippen molar-refractivity contribution in [3.63, 3.8) is 0 Å². The third-order valence-corrected chi connectivity index (χ3v) is 26.2. The van der Waals surface area contributed by atoms with Crippen LogP contribution in [0.1, 0.15) is 226 Å². The van der Waals surface area contributed by atoms with Gasteiger partial charge in [0.05, 0.1) is 18.7 Å². The first kappa shape index (κ1) is 109. The molecule has 0 bridgehead atoms. The molecule has 1 spiro atoms. The number of rotatable bonds is 21. The van der Waals surface area contributed by atoms with Crippen molar-refractivity contribution in [1.82, 2.24) is 98.0 Å². The number of amides is 14. The minimum absolute atomic E-state index is 0.0833. The first-order valence-electron chi connectivity index (χ1n) is 44.3. The molecular formula is C88H182N20O8. The molecule has 5 atom stereocenters. The van der Waals surface area contributed by atoms with Gasteiger partial charge < -0.3 is 73.3 Å². The molecule has 5 unspecified atom stereocenters. The first-order valence-corrected chi connectivity index (χ1v) is 44.3. The number of hydrogen-bond donors (Lipinski definition) is 0. The van der Waals surface area contributed by atoms with Crippen LogP contribution in [0.4, 0.5) is 33.6 Å². The van der Waals surface area contributed by atoms with Crippen molar-refractivity contribution in [2.24, 2.45) is 5.92 Å². The van der Waals surface area contributed by atoms with E-state index >= 15 is 0 Å². The summed E-state index contributed by atoms with van der Waals surface area (Å²) in [5.74, 6) is 0.543. The average Bonchev–Trinajstić information content (AvgIpc) is 1.53. The molecule has 5 saturated heterocycles. The van der Waals surface area contributed by atoms with E-state index in [-0.39, 0.29) is 96.3 Å². The van der Waals surface area contributed by atoms with Crippen LogP contribution in [0.25, 0.3) is 0 Å². The molecule has 0 radical (unpaired) electrons. The molecule has 2 aliphatic carbocycles. The minimum atomic E-state index is -0.357. The lowest BCUT2D eigenvalue weighted by molar-refractivity contribution is -0.175. The predicted octanol–water partition coefficient (Wildman–Crippen LogP) is 12.5. The van der Waals surface area contributed by atoms with Gasteiger partial charge in [-0.1, -0.05) is 6.92 Å². The van der Waals surface area contributed by atoms with Gasteiger partial charge in [0.25, 0.3) is 0 Å². The van der Waals surface area contributed by atoms with Crippen LogP contribution in [0.2, 0.25) is 0 Å². The van der Waals surface area contributed by atoms with Crippen molar-refractivity contribution in [1.29, 1.82) is 0 Å². The maximum absolute atomic E-state index is 12.4. The molecule has 682 valence electrons. The molecule has 28 nitrogen and oxygen atoms in total. The topological polar surface area (TPSA) is 194 Å². The van der Waals surface area contributed by atoms with E-state index in [0.717, 1.165) is 78.0 Å². The van der Waals surface area contributed by atoms with E-state index in [1.54, 1.807) is 34.3 Å². The molecule has 116 heavy (non-hydrogen) atoms. The SMILES string of the molecule is CC(C)N(C)C(=O)N(C)C(C)C.CC(C)N(C)C(=O)N(C)C1CC(N(C)C(C)C)C1.CC(C)N(C)C(=O)N(C)C1CC1N(C)C(C)C.CC(C)N1CC(N(C)C(=O)N(C)C(C)C)C1.CC(C)N1CC2(C1)OCCN2C(=O)N(C)C(C)C.CC(C)N1CCC(N(C)C(=O)N(C)C(C)C)C1.CC1CN(C(C)C)CC1N(C)C(=O)N(C)C(C)C. The number of likely N-dealkylation sites (N-methyl/N-ethyl adjacent to an activating group) is 5. The Morgan fingerprint density at radius 2 is 0.603 bits per heavy atom. The highest BCUT2D eigenvalue weighted by molar-refractivity contribution is 5.78. The molecule has 5 heterocycles. The zero-order valence-electron chi connectivity index (χ0n) is 82.8. The number of ether oxygens (including phenoxy) is 1. The molecule has 7 rings (SSSR count). The van der Waals surface area contributed by atoms with Gasteiger partial charge in [-0.25, -0.2) is 33.6 Å². The van der Waals surface area contributed by atoms with Crippen molar-refractivity contribution >= 4 is 42.2 Å². The van der Waals surface area contributed by atoms with Gasteiger partial charge in [-0.15, -0.1) is 0 Å². The predicted molar refractivity (Wildman–Crippen MR) is 482 cm³/mol. The smallest absolute Gasteiger partial charge is 0.322 e. The van der Waals surface area contributed by atoms with Gasteiger partial charge in [0, 0.05) is 265 Å². The summed E-state index contributed by atoms with van der Waals surface area (Å²) in [5, 5.41) is 0. The maximum Gasteiger partial charge on any atom is 0.322 e. The second kappa shape index (κ2) is 48.9. The number of likely N-dealkylation sites (tertiary alicyclic amines) is 4. The summed E-state index contributed by atoms with van der Waals surface area (Å²) in [7, 11) is 28.8. The molecule has 0 N–H and O–H groups in total. The first-order chi connectivity index (χ1) is 53.2. The molecule has 28 heteroatoms. The normalized spacial score (nSPS) is 21.2. The minimum Gasteiger partial charge on any atom is -0.351 e. The number of carbonyl (C=O) groups is 7. The highest BCUT2D eigenvalue weighted by atomic mass is 16.5. The molecule has 5 aliphatic heterocycles. The third-order valence-electron chi connectivity index (χ3n) is 26.2. The number of nitrogens with zero attached hydrogens (tertiary/aromatic N) is 20. The van der Waals surface area contributed by atoms with Crippen molar-refractivity contribution in [2.75, 3.05) is 171 Å². The van der Waals surface area contributed by atoms with E-state index < -0.39 is 0 Å². The fraction of sp³-hybridized carbons (Fsp3) is 0.920. The van der Waals surface area contributed by atoms with Gasteiger partial charge in [0.15, 0.2) is 5.72 Å². The second-order valence-electron chi connectivity index (χ2n) is 38.6. The summed E-state index contributed by atoms with van der Waals surface area (Å²) in [6, 6.07) is 9.25. The van der Waals surface area contributed by atoms with E-state index in [0.29, 0.717) is 97.6 Å². The lowest BCUT2D eigenvalue weighted by Gasteiger charge is -2.53. The molecule has 7 fully saturated rings. The lowest BCUT2D eigenvalue weighted by atomic mass is 9.84. The Labute approximate surface area is 711 Å². The third kappa shape index (κ3) is 31.3. The summed E-state index contributed by atoms with van der Waals surface area (Å²) in [6.45, 7) is 70.4. The van der Waals surface area contributed by atoms with Crippen LogP contribution in [-0.4, -0.2) is 444 Å². The maximum atomic E-state index is 12.4. The van der Waals surface area contributed by atoms with Crippen LogP contribution in [0.5, 0.6) is 0 Å². The van der Waals surface area contributed by atoms with Crippen molar-refractivity contribution in [3.05, 3.63) is 0 Å². The second-order valence-corrected chi connectivity index (χ2v) is 38.6. The van der Waals surface area contributed by atoms with E-state index in [9.17, 15) is 33.6 Å². The Balaban J connectivity index is 0.000000679. The van der Waals surface area contributed by atoms with Crippen LogP contribution < -0.4 is 0 Å². The van der Waals surface area contributed by atoms with E-state index in [2.05, 4.69) is 134 Å². The van der Waals surface area contributed by atoms with Crippen molar-refractivity contribution in [3.8, 4) is 0 Å². The van der Waals surface area contributed by atoms with Crippen molar-refractivity contribution < 1.29 is 38.3 Å². The Bertz CT molecular complexity index is 2880. The molecule has 0 aromatic carbocycles. The highest BCUT2D eigenvalue weighted by Gasteiger charge is 2.55. The monoisotopic (exact) mass is 1650 g/mol. The fourth-order valence-electron chi connectivity index (χ4n) is 14.0. The lowest BCUT2D eigenvalue weighted by Crippen LogP contribution is -2.71. The van der Waals surface area contributed by atoms with Gasteiger partial charge >= 0.3 is 42.2 Å². The Morgan fingerprint density at radius 3 is 0.931 bits per heavy atom. The van der Waals surface area contributed by atoms with Crippen molar-refractivity contribution in [2.45, 2.75) is 359 Å². The summed E-state index contributed by atoms with van der Waals surface area (Å²) < 4.78 is 5.86. The number of hydrogen-bond acceptors (Lipinski definition) is 14. The average molecular weight is 1650 g/mol.